The van der Waals surface area contributed by atoms with Crippen LogP contribution >= 0.6 is 0 Å². The summed E-state index contributed by atoms with van der Waals surface area (Å²) in [5, 5.41) is 11.0. The molecule has 0 saturated carbocycles. The first-order valence-electron chi connectivity index (χ1n) is 6.44. The number of carbonyl (C=O) groups excluding carboxylic acids is 1. The molecule has 5 nitrogen and oxygen atoms in total. The fraction of sp³-hybridized carbons (Fsp3) is 0.429. The Hall–Kier alpha value is -1.88. The highest BCUT2D eigenvalue weighted by molar-refractivity contribution is 5.96. The summed E-state index contributed by atoms with van der Waals surface area (Å²) < 4.78 is 0. The molecule has 0 bridgehead atoms. The number of benzene rings is 1. The smallest absolute Gasteiger partial charge is 0.327 e. The third kappa shape index (κ3) is 7.94. The Balaban J connectivity index is 0. The van der Waals surface area contributed by atoms with E-state index in [4.69, 9.17) is 10.8 Å². The van der Waals surface area contributed by atoms with Gasteiger partial charge in [0.1, 0.15) is 6.04 Å². The molecule has 0 spiro atoms. The maximum Gasteiger partial charge on any atom is 0.327 e. The molecule has 0 aromatic heterocycles. The van der Waals surface area contributed by atoms with Crippen molar-refractivity contribution < 1.29 is 14.7 Å². The maximum atomic E-state index is 11.5. The largest absolute Gasteiger partial charge is 0.480 e. The minimum Gasteiger partial charge on any atom is -0.480 e. The SMILES string of the molecule is CC.CC.NC[C@H](NC(=O)c1ccccc1)C(=O)O. The highest BCUT2D eigenvalue weighted by atomic mass is 16.4. The highest BCUT2D eigenvalue weighted by Gasteiger charge is 2.18. The first-order valence-corrected chi connectivity index (χ1v) is 6.44. The van der Waals surface area contributed by atoms with Crippen LogP contribution in [0.3, 0.4) is 0 Å². The summed E-state index contributed by atoms with van der Waals surface area (Å²) in [7, 11) is 0. The van der Waals surface area contributed by atoms with Crippen LogP contribution in [-0.4, -0.2) is 29.6 Å². The molecule has 0 fully saturated rings. The van der Waals surface area contributed by atoms with Crippen LogP contribution in [-0.2, 0) is 4.79 Å². The molecule has 5 heteroatoms. The minimum absolute atomic E-state index is 0.131. The monoisotopic (exact) mass is 268 g/mol. The third-order valence-corrected chi connectivity index (χ3v) is 1.88. The lowest BCUT2D eigenvalue weighted by molar-refractivity contribution is -0.138. The van der Waals surface area contributed by atoms with Gasteiger partial charge in [-0.1, -0.05) is 45.9 Å². The summed E-state index contributed by atoms with van der Waals surface area (Å²) in [6.45, 7) is 7.87. The summed E-state index contributed by atoms with van der Waals surface area (Å²) >= 11 is 0. The standard InChI is InChI=1S/C10H12N2O3.2C2H6/c11-6-8(10(14)15)12-9(13)7-4-2-1-3-5-7;2*1-2/h1-5,8H,6,11H2,(H,12,13)(H,14,15);2*1-2H3/t8-;;/m0../s1. The minimum atomic E-state index is -1.14. The number of amides is 1. The predicted octanol–water partition coefficient (Wildman–Crippen LogP) is 1.88. The van der Waals surface area contributed by atoms with Crippen molar-refractivity contribution in [2.75, 3.05) is 6.54 Å². The Morgan fingerprint density at radius 2 is 1.63 bits per heavy atom. The van der Waals surface area contributed by atoms with Gasteiger partial charge < -0.3 is 16.2 Å². The average Bonchev–Trinajstić information content (AvgIpc) is 2.49. The van der Waals surface area contributed by atoms with Gasteiger partial charge in [-0.2, -0.15) is 0 Å². The molecule has 1 aromatic rings. The number of aliphatic carboxylic acids is 1. The maximum absolute atomic E-state index is 11.5. The molecular weight excluding hydrogens is 244 g/mol. The van der Waals surface area contributed by atoms with Gasteiger partial charge in [-0.15, -0.1) is 0 Å². The van der Waals surface area contributed by atoms with Gasteiger partial charge >= 0.3 is 5.97 Å². The van der Waals surface area contributed by atoms with Crippen LogP contribution in [0.15, 0.2) is 30.3 Å². The summed E-state index contributed by atoms with van der Waals surface area (Å²) in [6, 6.07) is 7.34. The zero-order valence-corrected chi connectivity index (χ0v) is 12.0. The second-order valence-corrected chi connectivity index (χ2v) is 2.97. The number of carboxylic acid groups (broad SMARTS) is 1. The van der Waals surface area contributed by atoms with Crippen LogP contribution in [0.2, 0.25) is 0 Å². The molecule has 0 radical (unpaired) electrons. The van der Waals surface area contributed by atoms with E-state index in [0.717, 1.165) is 0 Å². The van der Waals surface area contributed by atoms with Crippen molar-refractivity contribution in [3.8, 4) is 0 Å². The molecular formula is C14H24N2O3. The fourth-order valence-electron chi connectivity index (χ4n) is 1.05. The fourth-order valence-corrected chi connectivity index (χ4v) is 1.05. The Bertz CT molecular complexity index is 353. The summed E-state index contributed by atoms with van der Waals surface area (Å²) in [6.07, 6.45) is 0. The van der Waals surface area contributed by atoms with Gasteiger partial charge in [0.25, 0.3) is 5.91 Å². The van der Waals surface area contributed by atoms with Gasteiger partial charge in [0, 0.05) is 12.1 Å². The molecule has 0 unspecified atom stereocenters. The molecule has 4 N–H and O–H groups in total. The highest BCUT2D eigenvalue weighted by Crippen LogP contribution is 1.98. The molecule has 1 rings (SSSR count). The van der Waals surface area contributed by atoms with Gasteiger partial charge in [0.15, 0.2) is 0 Å². The van der Waals surface area contributed by atoms with E-state index in [0.29, 0.717) is 5.56 Å². The number of carboxylic acids is 1. The van der Waals surface area contributed by atoms with Crippen LogP contribution in [0.25, 0.3) is 0 Å². The van der Waals surface area contributed by atoms with Crippen LogP contribution < -0.4 is 11.1 Å². The van der Waals surface area contributed by atoms with Crippen molar-refractivity contribution in [3.05, 3.63) is 35.9 Å². The lowest BCUT2D eigenvalue weighted by Gasteiger charge is -2.11. The molecule has 0 heterocycles. The van der Waals surface area contributed by atoms with Crippen molar-refractivity contribution in [1.82, 2.24) is 5.32 Å². The summed E-state index contributed by atoms with van der Waals surface area (Å²) in [5.41, 5.74) is 5.62. The Morgan fingerprint density at radius 1 is 1.16 bits per heavy atom. The number of nitrogens with two attached hydrogens (primary N) is 1. The molecule has 0 aliphatic rings. The number of nitrogens with one attached hydrogen (secondary N) is 1. The van der Waals surface area contributed by atoms with Crippen molar-refractivity contribution in [3.63, 3.8) is 0 Å². The summed E-state index contributed by atoms with van der Waals surface area (Å²) in [4.78, 5) is 22.1. The number of hydrogen-bond acceptors (Lipinski definition) is 3. The van der Waals surface area contributed by atoms with Crippen LogP contribution in [0.1, 0.15) is 38.1 Å². The molecule has 0 aliphatic heterocycles. The molecule has 108 valence electrons. The molecule has 1 atom stereocenters. The van der Waals surface area contributed by atoms with E-state index in [1.807, 2.05) is 27.7 Å². The van der Waals surface area contributed by atoms with E-state index in [-0.39, 0.29) is 6.54 Å². The number of rotatable bonds is 4. The lowest BCUT2D eigenvalue weighted by atomic mass is 10.2. The molecule has 1 aromatic carbocycles. The predicted molar refractivity (Wildman–Crippen MR) is 77.1 cm³/mol. The van der Waals surface area contributed by atoms with Crippen LogP contribution in [0, 0.1) is 0 Å². The Morgan fingerprint density at radius 3 is 2.00 bits per heavy atom. The van der Waals surface area contributed by atoms with Gasteiger partial charge in [-0.05, 0) is 12.1 Å². The van der Waals surface area contributed by atoms with E-state index in [2.05, 4.69) is 5.32 Å². The average molecular weight is 268 g/mol. The second kappa shape index (κ2) is 12.6. The second-order valence-electron chi connectivity index (χ2n) is 2.97. The molecule has 1 amide bonds. The van der Waals surface area contributed by atoms with Gasteiger partial charge in [0.2, 0.25) is 0 Å². The molecule has 19 heavy (non-hydrogen) atoms. The van der Waals surface area contributed by atoms with E-state index in [9.17, 15) is 9.59 Å². The first-order chi connectivity index (χ1) is 9.15. The zero-order valence-electron chi connectivity index (χ0n) is 12.0. The summed E-state index contributed by atoms with van der Waals surface area (Å²) in [5.74, 6) is -1.57. The lowest BCUT2D eigenvalue weighted by Crippen LogP contribution is -2.45. The normalized spacial score (nSPS) is 9.95. The first kappa shape index (κ1) is 19.5. The quantitative estimate of drug-likeness (QED) is 0.777. The van der Waals surface area contributed by atoms with Gasteiger partial charge in [0.05, 0.1) is 0 Å². The third-order valence-electron chi connectivity index (χ3n) is 1.88. The number of carbonyl (C=O) groups is 2. The van der Waals surface area contributed by atoms with Crippen LogP contribution in [0.4, 0.5) is 0 Å². The topological polar surface area (TPSA) is 92.4 Å². The van der Waals surface area contributed by atoms with Gasteiger partial charge in [-0.25, -0.2) is 4.79 Å². The molecule has 0 aliphatic carbocycles. The Kier molecular flexibility index (Phi) is 12.9. The van der Waals surface area contributed by atoms with E-state index >= 15 is 0 Å². The van der Waals surface area contributed by atoms with E-state index in [1.54, 1.807) is 30.3 Å². The van der Waals surface area contributed by atoms with E-state index < -0.39 is 17.9 Å². The zero-order chi connectivity index (χ0) is 15.3. The van der Waals surface area contributed by atoms with E-state index in [1.165, 1.54) is 0 Å². The van der Waals surface area contributed by atoms with Crippen molar-refractivity contribution in [1.29, 1.82) is 0 Å². The van der Waals surface area contributed by atoms with Gasteiger partial charge in [-0.3, -0.25) is 4.79 Å². The van der Waals surface area contributed by atoms with Crippen molar-refractivity contribution in [2.45, 2.75) is 33.7 Å². The van der Waals surface area contributed by atoms with Crippen molar-refractivity contribution >= 4 is 11.9 Å². The molecule has 0 saturated heterocycles. The van der Waals surface area contributed by atoms with Crippen LogP contribution in [0.5, 0.6) is 0 Å². The Labute approximate surface area is 114 Å². The number of hydrogen-bond donors (Lipinski definition) is 3. The van der Waals surface area contributed by atoms with Crippen molar-refractivity contribution in [2.24, 2.45) is 5.73 Å².